The molecule has 2 atom stereocenters. The van der Waals surface area contributed by atoms with Gasteiger partial charge in [0.05, 0.1) is 12.2 Å². The van der Waals surface area contributed by atoms with Gasteiger partial charge < -0.3 is 9.84 Å². The van der Waals surface area contributed by atoms with E-state index < -0.39 is 0 Å². The predicted octanol–water partition coefficient (Wildman–Crippen LogP) is 6.01. The van der Waals surface area contributed by atoms with E-state index in [1.54, 1.807) is 0 Å². The van der Waals surface area contributed by atoms with E-state index in [0.29, 0.717) is 18.8 Å². The van der Waals surface area contributed by atoms with Crippen LogP contribution in [0.1, 0.15) is 110 Å². The van der Waals surface area contributed by atoms with Crippen molar-refractivity contribution in [1.29, 1.82) is 0 Å². The fourth-order valence-electron chi connectivity index (χ4n) is 3.34. The Labute approximate surface area is 139 Å². The first-order valence-corrected chi connectivity index (χ1v) is 10.1. The van der Waals surface area contributed by atoms with Gasteiger partial charge in [-0.2, -0.15) is 0 Å². The van der Waals surface area contributed by atoms with Crippen LogP contribution in [0.15, 0.2) is 0 Å². The molecule has 0 aromatic rings. The van der Waals surface area contributed by atoms with Crippen LogP contribution in [0.2, 0.25) is 0 Å². The van der Waals surface area contributed by atoms with Gasteiger partial charge in [0.2, 0.25) is 0 Å². The lowest BCUT2D eigenvalue weighted by Gasteiger charge is -2.02. The summed E-state index contributed by atoms with van der Waals surface area (Å²) in [5, 5.41) is 8.77. The summed E-state index contributed by atoms with van der Waals surface area (Å²) >= 11 is 0. The molecule has 1 rings (SSSR count). The Morgan fingerprint density at radius 2 is 1.00 bits per heavy atom. The molecule has 1 N–H and O–H groups in total. The van der Waals surface area contributed by atoms with Crippen molar-refractivity contribution in [2.75, 3.05) is 6.61 Å². The van der Waals surface area contributed by atoms with Crippen molar-refractivity contribution in [3.05, 3.63) is 0 Å². The molecule has 0 aromatic carbocycles. The first kappa shape index (κ1) is 20.0. The van der Waals surface area contributed by atoms with Crippen LogP contribution in [0.3, 0.4) is 0 Å². The molecule has 1 heterocycles. The molecule has 2 heteroatoms. The highest BCUT2D eigenvalue weighted by Crippen LogP contribution is 2.31. The topological polar surface area (TPSA) is 32.8 Å². The van der Waals surface area contributed by atoms with Crippen molar-refractivity contribution < 1.29 is 9.84 Å². The molecule has 0 aliphatic carbocycles. The van der Waals surface area contributed by atoms with Gasteiger partial charge >= 0.3 is 0 Å². The molecule has 0 radical (unpaired) electrons. The van der Waals surface area contributed by atoms with E-state index in [1.165, 1.54) is 89.9 Å². The first-order valence-electron chi connectivity index (χ1n) is 10.1. The molecule has 22 heavy (non-hydrogen) atoms. The third kappa shape index (κ3) is 11.5. The molecule has 0 spiro atoms. The molecule has 0 amide bonds. The summed E-state index contributed by atoms with van der Waals surface area (Å²) in [6.45, 7) is 2.60. The van der Waals surface area contributed by atoms with E-state index in [9.17, 15) is 0 Å². The summed E-state index contributed by atoms with van der Waals surface area (Å²) in [6.07, 6.45) is 22.7. The second kappa shape index (κ2) is 14.5. The first-order chi connectivity index (χ1) is 10.9. The van der Waals surface area contributed by atoms with Gasteiger partial charge in [-0.05, 0) is 19.3 Å². The minimum absolute atomic E-state index is 0.311. The van der Waals surface area contributed by atoms with Crippen LogP contribution in [0.5, 0.6) is 0 Å². The highest BCUT2D eigenvalue weighted by atomic mass is 16.6. The minimum atomic E-state index is 0.311. The van der Waals surface area contributed by atoms with Gasteiger partial charge in [-0.3, -0.25) is 0 Å². The molecule has 1 aliphatic rings. The molecule has 1 saturated heterocycles. The third-order valence-electron chi connectivity index (χ3n) is 4.93. The number of epoxide rings is 1. The minimum Gasteiger partial charge on any atom is -0.396 e. The van der Waals surface area contributed by atoms with Gasteiger partial charge in [-0.25, -0.2) is 0 Å². The molecule has 2 nitrogen and oxygen atoms in total. The maximum Gasteiger partial charge on any atom is 0.0842 e. The summed E-state index contributed by atoms with van der Waals surface area (Å²) in [6, 6.07) is 0. The van der Waals surface area contributed by atoms with Crippen molar-refractivity contribution in [1.82, 2.24) is 0 Å². The standard InChI is InChI=1S/C20H40O2/c1-2-3-4-5-6-7-8-9-10-11-12-13-14-16-19-20(22-19)17-15-18-21/h19-21H,2-18H2,1H3. The Bertz CT molecular complexity index is 230. The number of aliphatic hydroxyl groups is 1. The summed E-state index contributed by atoms with van der Waals surface area (Å²) < 4.78 is 5.61. The zero-order valence-corrected chi connectivity index (χ0v) is 15.0. The fourth-order valence-corrected chi connectivity index (χ4v) is 3.34. The number of unbranched alkanes of at least 4 members (excludes halogenated alkanes) is 12. The maximum atomic E-state index is 8.77. The Kier molecular flexibility index (Phi) is 13.2. The summed E-state index contributed by atoms with van der Waals surface area (Å²) in [5.41, 5.74) is 0. The summed E-state index contributed by atoms with van der Waals surface area (Å²) in [5.74, 6) is 0. The van der Waals surface area contributed by atoms with Gasteiger partial charge in [0.15, 0.2) is 0 Å². The number of rotatable bonds is 17. The van der Waals surface area contributed by atoms with Crippen molar-refractivity contribution in [3.63, 3.8) is 0 Å². The van der Waals surface area contributed by atoms with Gasteiger partial charge in [-0.15, -0.1) is 0 Å². The van der Waals surface area contributed by atoms with Crippen LogP contribution < -0.4 is 0 Å². The lowest BCUT2D eigenvalue weighted by Crippen LogP contribution is -1.96. The van der Waals surface area contributed by atoms with Crippen LogP contribution in [-0.2, 0) is 4.74 Å². The smallest absolute Gasteiger partial charge is 0.0842 e. The van der Waals surface area contributed by atoms with Crippen molar-refractivity contribution in [2.45, 2.75) is 122 Å². The monoisotopic (exact) mass is 312 g/mol. The van der Waals surface area contributed by atoms with Gasteiger partial charge in [0.25, 0.3) is 0 Å². The Balaban J connectivity index is 1.67. The highest BCUT2D eigenvalue weighted by molar-refractivity contribution is 4.84. The van der Waals surface area contributed by atoms with Crippen molar-refractivity contribution >= 4 is 0 Å². The van der Waals surface area contributed by atoms with Crippen LogP contribution in [0, 0.1) is 0 Å². The SMILES string of the molecule is CCCCCCCCCCCCCCCC1OC1CCCO. The van der Waals surface area contributed by atoms with E-state index in [1.807, 2.05) is 0 Å². The van der Waals surface area contributed by atoms with Gasteiger partial charge in [0, 0.05) is 6.61 Å². The Morgan fingerprint density at radius 3 is 1.45 bits per heavy atom. The van der Waals surface area contributed by atoms with Gasteiger partial charge in [0.1, 0.15) is 0 Å². The lowest BCUT2D eigenvalue weighted by molar-refractivity contribution is 0.272. The average molecular weight is 313 g/mol. The van der Waals surface area contributed by atoms with Crippen LogP contribution >= 0.6 is 0 Å². The van der Waals surface area contributed by atoms with E-state index >= 15 is 0 Å². The summed E-state index contributed by atoms with van der Waals surface area (Å²) in [4.78, 5) is 0. The molecule has 0 aromatic heterocycles. The van der Waals surface area contributed by atoms with Crippen LogP contribution in [-0.4, -0.2) is 23.9 Å². The molecular weight excluding hydrogens is 272 g/mol. The summed E-state index contributed by atoms with van der Waals surface area (Å²) in [7, 11) is 0. The zero-order chi connectivity index (χ0) is 15.9. The number of hydrogen-bond donors (Lipinski definition) is 1. The number of aliphatic hydroxyl groups excluding tert-OH is 1. The van der Waals surface area contributed by atoms with Crippen LogP contribution in [0.25, 0.3) is 0 Å². The molecule has 1 aliphatic heterocycles. The predicted molar refractivity (Wildman–Crippen MR) is 95.3 cm³/mol. The zero-order valence-electron chi connectivity index (χ0n) is 15.0. The number of hydrogen-bond acceptors (Lipinski definition) is 2. The fraction of sp³-hybridized carbons (Fsp3) is 1.00. The highest BCUT2D eigenvalue weighted by Gasteiger charge is 2.36. The normalized spacial score (nSPS) is 20.5. The van der Waals surface area contributed by atoms with E-state index in [4.69, 9.17) is 9.84 Å². The molecule has 132 valence electrons. The van der Waals surface area contributed by atoms with E-state index in [-0.39, 0.29) is 0 Å². The third-order valence-corrected chi connectivity index (χ3v) is 4.93. The van der Waals surface area contributed by atoms with Gasteiger partial charge in [-0.1, -0.05) is 90.4 Å². The van der Waals surface area contributed by atoms with E-state index in [2.05, 4.69) is 6.92 Å². The maximum absolute atomic E-state index is 8.77. The second-order valence-corrected chi connectivity index (χ2v) is 7.11. The van der Waals surface area contributed by atoms with Crippen molar-refractivity contribution in [2.24, 2.45) is 0 Å². The Morgan fingerprint density at radius 1 is 0.591 bits per heavy atom. The molecule has 0 bridgehead atoms. The molecule has 2 unspecified atom stereocenters. The number of ether oxygens (including phenoxy) is 1. The van der Waals surface area contributed by atoms with E-state index in [0.717, 1.165) is 12.8 Å². The largest absolute Gasteiger partial charge is 0.396 e. The molecular formula is C20H40O2. The van der Waals surface area contributed by atoms with Crippen molar-refractivity contribution in [3.8, 4) is 0 Å². The quantitative estimate of drug-likeness (QED) is 0.263. The lowest BCUT2D eigenvalue weighted by atomic mass is 10.0. The average Bonchev–Trinajstić information content (AvgIpc) is 3.28. The Hall–Kier alpha value is -0.0800. The molecule has 0 saturated carbocycles. The molecule has 1 fully saturated rings. The second-order valence-electron chi connectivity index (χ2n) is 7.11. The van der Waals surface area contributed by atoms with Crippen LogP contribution in [0.4, 0.5) is 0 Å².